The number of fused-ring (bicyclic) bond motifs is 1. The summed E-state index contributed by atoms with van der Waals surface area (Å²) in [7, 11) is 10.3. The minimum absolute atomic E-state index is 1.33. The monoisotopic (exact) mass is 368 g/mol. The molecule has 0 aliphatic heterocycles. The first kappa shape index (κ1) is 16.6. The Hall–Kier alpha value is -0.487. The smallest absolute Gasteiger partial charge is 0.0809 e. The van der Waals surface area contributed by atoms with E-state index in [1.165, 1.54) is 16.3 Å². The third-order valence-electron chi connectivity index (χ3n) is 2.38. The van der Waals surface area contributed by atoms with Crippen LogP contribution in [0, 0.1) is 6.92 Å². The van der Waals surface area contributed by atoms with Gasteiger partial charge in [-0.25, -0.2) is 11.6 Å². The minimum Gasteiger partial charge on any atom is -0.168 e. The van der Waals surface area contributed by atoms with Gasteiger partial charge in [-0.15, -0.1) is 29.7 Å². The molecule has 19 heavy (non-hydrogen) atoms. The summed E-state index contributed by atoms with van der Waals surface area (Å²) in [5.74, 6) is 0. The van der Waals surface area contributed by atoms with Crippen LogP contribution in [-0.2, 0) is 18.9 Å². The topological polar surface area (TPSA) is 0 Å². The molecule has 100 valence electrons. The molecule has 0 saturated heterocycles. The molecule has 0 fully saturated rings. The Balaban J connectivity index is 0.000000158. The van der Waals surface area contributed by atoms with Crippen molar-refractivity contribution in [2.75, 3.05) is 0 Å². The Kier molecular flexibility index (Phi) is 8.22. The van der Waals surface area contributed by atoms with E-state index in [1.54, 1.807) is 0 Å². The summed E-state index contributed by atoms with van der Waals surface area (Å²) in [5, 5.41) is 2.66. The van der Waals surface area contributed by atoms with Gasteiger partial charge in [-0.2, -0.15) is 35.7 Å². The fourth-order valence-electron chi connectivity index (χ4n) is 1.54. The fraction of sp³-hybridized carbons (Fsp3) is 0.0625. The van der Waals surface area contributed by atoms with Crippen LogP contribution in [0.5, 0.6) is 0 Å². The molecule has 0 bridgehead atoms. The van der Waals surface area contributed by atoms with Crippen LogP contribution in [0.4, 0.5) is 0 Å². The summed E-state index contributed by atoms with van der Waals surface area (Å²) in [6.07, 6.45) is 0. The number of hydrogen-bond donors (Lipinski definition) is 0. The third-order valence-corrected chi connectivity index (χ3v) is 2.38. The molecule has 0 spiro atoms. The van der Waals surface area contributed by atoms with Gasteiger partial charge < -0.3 is 0 Å². The molecular weight excluding hydrogens is 354 g/mol. The van der Waals surface area contributed by atoms with Crippen molar-refractivity contribution in [2.24, 2.45) is 0 Å². The Bertz CT molecular complexity index is 560. The van der Waals surface area contributed by atoms with Crippen LogP contribution in [0.2, 0.25) is 0 Å². The molecule has 3 heteroatoms. The molecule has 0 saturated carbocycles. The molecule has 0 unspecified atom stereocenters. The molecule has 0 N–H and O–H groups in total. The average Bonchev–Trinajstić information content (AvgIpc) is 2.99. The summed E-state index contributed by atoms with van der Waals surface area (Å²) in [6.45, 7) is 2.08. The Morgan fingerprint density at radius 2 is 1.74 bits per heavy atom. The number of rotatable bonds is 0. The van der Waals surface area contributed by atoms with Crippen LogP contribution in [0.1, 0.15) is 5.56 Å². The zero-order valence-electron chi connectivity index (χ0n) is 10.8. The van der Waals surface area contributed by atoms with E-state index in [2.05, 4.69) is 65.7 Å². The second-order valence-corrected chi connectivity index (χ2v) is 12.2. The first-order chi connectivity index (χ1) is 9.09. The maximum Gasteiger partial charge on any atom is -0.0809 e. The molecule has 3 rings (SSSR count). The SMILES string of the molecule is Cc1cc[cH-]c1.[CH2]=[Zr]([Cl])[Cl].c1ccc2[cH-]ccc2c1. The summed E-state index contributed by atoms with van der Waals surface area (Å²) in [4.78, 5) is 0. The van der Waals surface area contributed by atoms with Crippen molar-refractivity contribution < 1.29 is 18.9 Å². The van der Waals surface area contributed by atoms with Gasteiger partial charge in [0.05, 0.1) is 0 Å². The fourth-order valence-corrected chi connectivity index (χ4v) is 1.54. The van der Waals surface area contributed by atoms with Crippen molar-refractivity contribution in [3.8, 4) is 0 Å². The Morgan fingerprint density at radius 1 is 1.05 bits per heavy atom. The van der Waals surface area contributed by atoms with Crippen molar-refractivity contribution in [3.63, 3.8) is 0 Å². The normalized spacial score (nSPS) is 9.00. The summed E-state index contributed by atoms with van der Waals surface area (Å²) >= 11 is -1.85. The van der Waals surface area contributed by atoms with Crippen molar-refractivity contribution in [1.29, 1.82) is 0 Å². The van der Waals surface area contributed by atoms with Crippen molar-refractivity contribution in [2.45, 2.75) is 6.92 Å². The second kappa shape index (κ2) is 9.42. The van der Waals surface area contributed by atoms with Crippen LogP contribution in [-0.4, -0.2) is 4.21 Å². The maximum atomic E-state index is 5.13. The number of hydrogen-bond acceptors (Lipinski definition) is 0. The molecule has 0 heterocycles. The van der Waals surface area contributed by atoms with E-state index >= 15 is 0 Å². The zero-order chi connectivity index (χ0) is 14.1. The van der Waals surface area contributed by atoms with Crippen LogP contribution in [0.15, 0.2) is 66.7 Å². The second-order valence-electron chi connectivity index (χ2n) is 3.96. The van der Waals surface area contributed by atoms with Gasteiger partial charge in [-0.1, -0.05) is 13.0 Å². The average molecular weight is 370 g/mol. The number of aryl methyl sites for hydroxylation is 1. The summed E-state index contributed by atoms with van der Waals surface area (Å²) in [6, 6.07) is 22.9. The number of halogens is 2. The van der Waals surface area contributed by atoms with Gasteiger partial charge >= 0.3 is 40.1 Å². The van der Waals surface area contributed by atoms with Crippen LogP contribution in [0.25, 0.3) is 10.8 Å². The standard InChI is InChI=1S/C9H7.C6H7.CH2.2ClH.Zr/c1-2-5-9-7-3-6-8(9)4-1;1-6-4-2-3-5-6;;;;/h1-7H;2-5H,1H3;1H2;2*1H;/q2*-1;;;;+2/p-2. The molecular formula is C16H16Cl2Zr-2. The van der Waals surface area contributed by atoms with E-state index < -0.39 is 18.9 Å². The molecule has 3 aromatic carbocycles. The predicted molar refractivity (Wildman–Crippen MR) is 85.1 cm³/mol. The first-order valence-electron chi connectivity index (χ1n) is 5.88. The van der Waals surface area contributed by atoms with E-state index in [0.717, 1.165) is 0 Å². The van der Waals surface area contributed by atoms with Crippen molar-refractivity contribution in [1.82, 2.24) is 0 Å². The predicted octanol–water partition coefficient (Wildman–Crippen LogP) is 5.62. The van der Waals surface area contributed by atoms with E-state index in [-0.39, 0.29) is 0 Å². The van der Waals surface area contributed by atoms with Crippen LogP contribution in [0.3, 0.4) is 0 Å². The van der Waals surface area contributed by atoms with Gasteiger partial charge in [-0.05, 0) is 0 Å². The first-order valence-corrected chi connectivity index (χ1v) is 13.9. The number of benzene rings is 1. The molecule has 3 aromatic rings. The zero-order valence-corrected chi connectivity index (χ0v) is 14.8. The van der Waals surface area contributed by atoms with Gasteiger partial charge in [0.15, 0.2) is 0 Å². The molecule has 0 atom stereocenters. The Labute approximate surface area is 129 Å². The van der Waals surface area contributed by atoms with Crippen molar-refractivity contribution in [3.05, 3.63) is 72.3 Å². The third kappa shape index (κ3) is 7.62. The van der Waals surface area contributed by atoms with Gasteiger partial charge in [-0.3, -0.25) is 0 Å². The molecule has 0 aromatic heterocycles. The molecule has 0 nitrogen and oxygen atoms in total. The van der Waals surface area contributed by atoms with Crippen LogP contribution < -0.4 is 0 Å². The molecule has 0 aliphatic rings. The van der Waals surface area contributed by atoms with Crippen molar-refractivity contribution >= 4 is 32.0 Å². The molecule has 0 amide bonds. The quantitative estimate of drug-likeness (QED) is 0.451. The molecule has 0 radical (unpaired) electrons. The van der Waals surface area contributed by atoms with E-state index in [1.807, 2.05) is 12.1 Å². The summed E-state index contributed by atoms with van der Waals surface area (Å²) < 4.78 is 3.37. The summed E-state index contributed by atoms with van der Waals surface area (Å²) in [5.41, 5.74) is 1.34. The van der Waals surface area contributed by atoms with Gasteiger partial charge in [0, 0.05) is 0 Å². The minimum atomic E-state index is -1.85. The van der Waals surface area contributed by atoms with Gasteiger partial charge in [0.2, 0.25) is 0 Å². The maximum absolute atomic E-state index is 5.13. The largest absolute Gasteiger partial charge is 0.168 e. The van der Waals surface area contributed by atoms with Gasteiger partial charge in [0.1, 0.15) is 0 Å². The van der Waals surface area contributed by atoms with E-state index in [9.17, 15) is 0 Å². The van der Waals surface area contributed by atoms with E-state index in [0.29, 0.717) is 0 Å². The Morgan fingerprint density at radius 3 is 2.21 bits per heavy atom. The van der Waals surface area contributed by atoms with Crippen LogP contribution >= 0.6 is 17.0 Å². The van der Waals surface area contributed by atoms with Gasteiger partial charge in [0.25, 0.3) is 0 Å². The molecule has 0 aliphatic carbocycles. The van der Waals surface area contributed by atoms with E-state index in [4.69, 9.17) is 17.0 Å².